The number of nitrogens with one attached hydrogen (secondary N) is 1. The van der Waals surface area contributed by atoms with Gasteiger partial charge in [0, 0.05) is 17.1 Å². The monoisotopic (exact) mass is 345 g/mol. The molecule has 0 heterocycles. The Morgan fingerprint density at radius 2 is 2.00 bits per heavy atom. The van der Waals surface area contributed by atoms with Crippen molar-refractivity contribution in [3.63, 3.8) is 0 Å². The van der Waals surface area contributed by atoms with Crippen LogP contribution in [0.1, 0.15) is 18.9 Å². The Bertz CT molecular complexity index is 436. The molecule has 6 heteroatoms. The van der Waals surface area contributed by atoms with Crippen LogP contribution in [0.5, 0.6) is 0 Å². The first-order valence-corrected chi connectivity index (χ1v) is 7.76. The van der Waals surface area contributed by atoms with Crippen LogP contribution in [0.15, 0.2) is 28.7 Å². The van der Waals surface area contributed by atoms with E-state index in [2.05, 4.69) is 21.2 Å². The molecule has 1 aromatic carbocycles. The molecule has 0 aliphatic carbocycles. The maximum atomic E-state index is 10.9. The number of rotatable bonds is 7. The van der Waals surface area contributed by atoms with Crippen LogP contribution in [0.2, 0.25) is 0 Å². The number of halogens is 1. The van der Waals surface area contributed by atoms with Gasteiger partial charge in [0.15, 0.2) is 0 Å². The lowest BCUT2D eigenvalue weighted by Gasteiger charge is -2.12. The number of hydrogen-bond donors (Lipinski definition) is 2. The van der Waals surface area contributed by atoms with Gasteiger partial charge in [0.05, 0.1) is 0 Å². The first kappa shape index (κ1) is 16.0. The van der Waals surface area contributed by atoms with Gasteiger partial charge in [-0.15, -0.1) is 0 Å². The lowest BCUT2D eigenvalue weighted by Crippen LogP contribution is -2.39. The maximum absolute atomic E-state index is 10.9. The van der Waals surface area contributed by atoms with Gasteiger partial charge in [-0.05, 0) is 29.9 Å². The van der Waals surface area contributed by atoms with Crippen LogP contribution < -0.4 is 5.32 Å². The lowest BCUT2D eigenvalue weighted by atomic mass is 10.2. The van der Waals surface area contributed by atoms with Crippen molar-refractivity contribution < 1.29 is 14.7 Å². The smallest absolute Gasteiger partial charge is 0.326 e. The molecule has 0 aliphatic rings. The molecule has 0 fully saturated rings. The highest BCUT2D eigenvalue weighted by atomic mass is 79.9. The summed E-state index contributed by atoms with van der Waals surface area (Å²) < 4.78 is 1.04. The van der Waals surface area contributed by atoms with Crippen molar-refractivity contribution in [3.8, 4) is 0 Å². The minimum Gasteiger partial charge on any atom is -0.480 e. The summed E-state index contributed by atoms with van der Waals surface area (Å²) in [5.41, 5.74) is 1.19. The topological polar surface area (TPSA) is 66.4 Å². The molecule has 0 spiro atoms. The molecule has 1 rings (SSSR count). The van der Waals surface area contributed by atoms with Crippen LogP contribution in [-0.2, 0) is 15.3 Å². The molecular weight excluding hydrogens is 330 g/mol. The Labute approximate surface area is 125 Å². The summed E-state index contributed by atoms with van der Waals surface area (Å²) in [5.74, 6) is 0.220. The highest BCUT2D eigenvalue weighted by Crippen LogP contribution is 2.16. The number of carbonyl (C=O) groups excluding carboxylic acids is 1. The zero-order chi connectivity index (χ0) is 14.3. The molecule has 0 aromatic heterocycles. The largest absolute Gasteiger partial charge is 0.480 e. The van der Waals surface area contributed by atoms with E-state index in [1.807, 2.05) is 24.3 Å². The van der Waals surface area contributed by atoms with Gasteiger partial charge in [0.1, 0.15) is 6.04 Å². The normalized spacial score (nSPS) is 11.9. The average Bonchev–Trinajstić information content (AvgIpc) is 2.34. The molecule has 4 nitrogen and oxygen atoms in total. The molecular formula is C13H16BrNO3S. The molecule has 2 N–H and O–H groups in total. The average molecular weight is 346 g/mol. The molecule has 19 heavy (non-hydrogen) atoms. The highest BCUT2D eigenvalue weighted by Gasteiger charge is 2.17. The Kier molecular flexibility index (Phi) is 6.94. The summed E-state index contributed by atoms with van der Waals surface area (Å²) in [6.45, 7) is 1.32. The van der Waals surface area contributed by atoms with Gasteiger partial charge in [-0.3, -0.25) is 4.79 Å². The third-order valence-corrected chi connectivity index (χ3v) is 4.00. The Morgan fingerprint density at radius 3 is 2.53 bits per heavy atom. The number of carboxylic acids is 1. The van der Waals surface area contributed by atoms with Crippen LogP contribution in [0.4, 0.5) is 0 Å². The number of thioether (sulfide) groups is 1. The summed E-state index contributed by atoms with van der Waals surface area (Å²) in [5, 5.41) is 11.4. The van der Waals surface area contributed by atoms with Gasteiger partial charge in [0.25, 0.3) is 0 Å². The Hall–Kier alpha value is -1.01. The van der Waals surface area contributed by atoms with Gasteiger partial charge in [-0.2, -0.15) is 11.8 Å². The van der Waals surface area contributed by atoms with Crippen LogP contribution in [0, 0.1) is 0 Å². The van der Waals surface area contributed by atoms with E-state index < -0.39 is 12.0 Å². The first-order chi connectivity index (χ1) is 8.99. The van der Waals surface area contributed by atoms with E-state index in [9.17, 15) is 9.59 Å². The van der Waals surface area contributed by atoms with Gasteiger partial charge >= 0.3 is 5.97 Å². The summed E-state index contributed by atoms with van der Waals surface area (Å²) in [7, 11) is 0. The Balaban J connectivity index is 2.30. The lowest BCUT2D eigenvalue weighted by molar-refractivity contribution is -0.141. The highest BCUT2D eigenvalue weighted by molar-refractivity contribution is 9.10. The van der Waals surface area contributed by atoms with Gasteiger partial charge in [0.2, 0.25) is 5.91 Å². The van der Waals surface area contributed by atoms with Crippen molar-refractivity contribution in [1.29, 1.82) is 0 Å². The summed E-state index contributed by atoms with van der Waals surface area (Å²) in [4.78, 5) is 21.8. The SMILES string of the molecule is CC(=O)NC(CCSCc1ccc(Br)cc1)C(=O)O. The van der Waals surface area contributed by atoms with E-state index in [0.717, 1.165) is 10.2 Å². The van der Waals surface area contributed by atoms with Gasteiger partial charge in [-0.1, -0.05) is 28.1 Å². The maximum Gasteiger partial charge on any atom is 0.326 e. The van der Waals surface area contributed by atoms with Crippen molar-refractivity contribution >= 4 is 39.6 Å². The fraction of sp³-hybridized carbons (Fsp3) is 0.385. The minimum absolute atomic E-state index is 0.315. The van der Waals surface area contributed by atoms with Crippen molar-refractivity contribution in [2.75, 3.05) is 5.75 Å². The third-order valence-electron chi connectivity index (χ3n) is 2.41. The predicted octanol–water partition coefficient (Wildman–Crippen LogP) is 2.66. The van der Waals surface area contributed by atoms with Crippen molar-refractivity contribution in [2.24, 2.45) is 0 Å². The summed E-state index contributed by atoms with van der Waals surface area (Å²) in [6, 6.07) is 7.22. The molecule has 0 aliphatic heterocycles. The number of benzene rings is 1. The quantitative estimate of drug-likeness (QED) is 0.745. The fourth-order valence-corrected chi connectivity index (χ4v) is 2.71. The molecule has 1 unspecified atom stereocenters. The molecule has 1 atom stereocenters. The summed E-state index contributed by atoms with van der Waals surface area (Å²) >= 11 is 5.03. The van der Waals surface area contributed by atoms with Gasteiger partial charge in [-0.25, -0.2) is 4.79 Å². The molecule has 104 valence electrons. The molecule has 1 amide bonds. The number of amides is 1. The predicted molar refractivity (Wildman–Crippen MR) is 80.2 cm³/mol. The molecule has 1 aromatic rings. The molecule has 0 saturated carbocycles. The first-order valence-electron chi connectivity index (χ1n) is 5.81. The second-order valence-electron chi connectivity index (χ2n) is 4.06. The molecule has 0 bridgehead atoms. The number of carbonyl (C=O) groups is 2. The van der Waals surface area contributed by atoms with E-state index in [1.165, 1.54) is 12.5 Å². The Morgan fingerprint density at radius 1 is 1.37 bits per heavy atom. The standard InChI is InChI=1S/C13H16BrNO3S/c1-9(16)15-12(13(17)18)6-7-19-8-10-2-4-11(14)5-3-10/h2-5,12H,6-8H2,1H3,(H,15,16)(H,17,18). The van der Waals surface area contributed by atoms with Crippen LogP contribution in [0.3, 0.4) is 0 Å². The minimum atomic E-state index is -0.987. The fourth-order valence-electron chi connectivity index (χ4n) is 1.47. The van der Waals surface area contributed by atoms with Crippen molar-refractivity contribution in [1.82, 2.24) is 5.32 Å². The van der Waals surface area contributed by atoms with Crippen LogP contribution in [0.25, 0.3) is 0 Å². The van der Waals surface area contributed by atoms with E-state index >= 15 is 0 Å². The molecule has 0 saturated heterocycles. The van der Waals surface area contributed by atoms with Gasteiger partial charge < -0.3 is 10.4 Å². The van der Waals surface area contributed by atoms with Crippen molar-refractivity contribution in [2.45, 2.75) is 25.1 Å². The number of aliphatic carboxylic acids is 1. The van der Waals surface area contributed by atoms with E-state index in [0.29, 0.717) is 12.2 Å². The van der Waals surface area contributed by atoms with E-state index in [4.69, 9.17) is 5.11 Å². The zero-order valence-electron chi connectivity index (χ0n) is 10.6. The summed E-state index contributed by atoms with van der Waals surface area (Å²) in [6.07, 6.45) is 0.427. The number of carboxylic acid groups (broad SMARTS) is 1. The second-order valence-corrected chi connectivity index (χ2v) is 6.08. The second kappa shape index (κ2) is 8.22. The number of hydrogen-bond acceptors (Lipinski definition) is 3. The van der Waals surface area contributed by atoms with E-state index in [1.54, 1.807) is 11.8 Å². The zero-order valence-corrected chi connectivity index (χ0v) is 13.0. The van der Waals surface area contributed by atoms with Crippen molar-refractivity contribution in [3.05, 3.63) is 34.3 Å². The van der Waals surface area contributed by atoms with Crippen LogP contribution >= 0.6 is 27.7 Å². The van der Waals surface area contributed by atoms with Crippen LogP contribution in [-0.4, -0.2) is 28.8 Å². The molecule has 0 radical (unpaired) electrons. The third kappa shape index (κ3) is 6.63. The van der Waals surface area contributed by atoms with E-state index in [-0.39, 0.29) is 5.91 Å².